The van der Waals surface area contributed by atoms with Gasteiger partial charge in [-0.05, 0) is 48.4 Å². The number of benzene rings is 2. The Bertz CT molecular complexity index is 1180. The first kappa shape index (κ1) is 29.5. The highest BCUT2D eigenvalue weighted by Gasteiger charge is 2.60. The van der Waals surface area contributed by atoms with Gasteiger partial charge >= 0.3 is 0 Å². The summed E-state index contributed by atoms with van der Waals surface area (Å²) in [5.41, 5.74) is -1.93. The lowest BCUT2D eigenvalue weighted by Gasteiger charge is -2.37. The van der Waals surface area contributed by atoms with Gasteiger partial charge in [0, 0.05) is 29.0 Å². The van der Waals surface area contributed by atoms with Crippen LogP contribution in [0.4, 0.5) is 8.78 Å². The van der Waals surface area contributed by atoms with Crippen molar-refractivity contribution in [3.05, 3.63) is 69.2 Å². The Morgan fingerprint density at radius 2 is 1.95 bits per heavy atom. The van der Waals surface area contributed by atoms with E-state index in [1.165, 1.54) is 30.3 Å². The van der Waals surface area contributed by atoms with E-state index in [2.05, 4.69) is 11.4 Å². The Morgan fingerprint density at radius 3 is 2.54 bits per heavy atom. The fraction of sp³-hybridized carbons (Fsp3) is 0.500. The van der Waals surface area contributed by atoms with Crippen molar-refractivity contribution < 1.29 is 23.8 Å². The van der Waals surface area contributed by atoms with Crippen LogP contribution in [-0.2, 0) is 10.2 Å². The molecule has 3 N–H and O–H groups in total. The van der Waals surface area contributed by atoms with E-state index in [4.69, 9.17) is 28.3 Å². The Morgan fingerprint density at radius 1 is 1.24 bits per heavy atom. The van der Waals surface area contributed by atoms with E-state index < -0.39 is 47.8 Å². The van der Waals surface area contributed by atoms with Crippen LogP contribution in [0.1, 0.15) is 63.5 Å². The first-order valence-corrected chi connectivity index (χ1v) is 13.0. The molecule has 37 heavy (non-hydrogen) atoms. The number of nitriles is 1. The monoisotopic (exact) mass is 552 g/mol. The van der Waals surface area contributed by atoms with Gasteiger partial charge in [0.2, 0.25) is 0 Å². The molecule has 0 saturated carbocycles. The van der Waals surface area contributed by atoms with Crippen molar-refractivity contribution in [3.8, 4) is 6.07 Å². The third kappa shape index (κ3) is 6.16. The molecule has 5 atom stereocenters. The molecule has 1 heterocycles. The van der Waals surface area contributed by atoms with E-state index in [1.807, 2.05) is 20.8 Å². The van der Waals surface area contributed by atoms with Crippen LogP contribution >= 0.6 is 23.2 Å². The normalized spacial score (nSPS) is 24.6. The van der Waals surface area contributed by atoms with Crippen molar-refractivity contribution in [1.29, 1.82) is 5.26 Å². The van der Waals surface area contributed by atoms with Crippen LogP contribution in [0, 0.1) is 28.4 Å². The molecule has 5 nitrogen and oxygen atoms in total. The lowest BCUT2D eigenvalue weighted by Crippen LogP contribution is -2.44. The number of nitrogens with one attached hydrogen (secondary N) is 1. The average Bonchev–Trinajstić information content (AvgIpc) is 3.13. The highest BCUT2D eigenvalue weighted by molar-refractivity contribution is 6.31. The maximum Gasteiger partial charge on any atom is 0.150 e. The van der Waals surface area contributed by atoms with Gasteiger partial charge in [-0.25, -0.2) is 8.78 Å². The van der Waals surface area contributed by atoms with E-state index in [0.29, 0.717) is 6.42 Å². The number of carbonyl (C=O) groups is 1. The predicted octanol–water partition coefficient (Wildman–Crippen LogP) is 5.69. The van der Waals surface area contributed by atoms with Gasteiger partial charge in [0.25, 0.3) is 0 Å². The number of carbonyl (C=O) groups excluding carboxylic acids is 1. The maximum absolute atomic E-state index is 15.6. The SMILES string of the molecule is CC(C)(C)C[C@@H]1N[C@@H](C(=O)CCC[C@@H](O)CO)[C@H](c2cccc(Cl)c2F)[C@@]1(C#N)c1ccc(Cl)cc1F. The molecule has 9 heteroatoms. The molecule has 1 aliphatic rings. The minimum absolute atomic E-state index is 0.0141. The fourth-order valence-electron chi connectivity index (χ4n) is 5.37. The lowest BCUT2D eigenvalue weighted by atomic mass is 9.62. The smallest absolute Gasteiger partial charge is 0.150 e. The number of hydrogen-bond donors (Lipinski definition) is 3. The van der Waals surface area contributed by atoms with Crippen LogP contribution in [0.15, 0.2) is 36.4 Å². The molecule has 1 saturated heterocycles. The number of hydrogen-bond acceptors (Lipinski definition) is 5. The molecule has 1 fully saturated rings. The molecule has 1 aliphatic heterocycles. The van der Waals surface area contributed by atoms with Gasteiger partial charge < -0.3 is 15.5 Å². The summed E-state index contributed by atoms with van der Waals surface area (Å²) in [6.07, 6.45) is -0.0802. The van der Waals surface area contributed by atoms with Crippen molar-refractivity contribution in [2.45, 2.75) is 76.0 Å². The molecule has 0 amide bonds. The van der Waals surface area contributed by atoms with Crippen LogP contribution in [0.5, 0.6) is 0 Å². The second kappa shape index (κ2) is 11.8. The number of nitrogens with zero attached hydrogens (tertiary/aromatic N) is 1. The van der Waals surface area contributed by atoms with Crippen LogP contribution in [0.2, 0.25) is 10.0 Å². The number of halogens is 4. The summed E-state index contributed by atoms with van der Waals surface area (Å²) in [5, 5.41) is 32.8. The number of ketones is 1. The number of rotatable bonds is 9. The molecule has 3 rings (SSSR count). The summed E-state index contributed by atoms with van der Waals surface area (Å²) in [6.45, 7) is 5.48. The third-order valence-corrected chi connectivity index (χ3v) is 7.49. The molecule has 200 valence electrons. The molecular formula is C28H32Cl2F2N2O3. The zero-order valence-electron chi connectivity index (χ0n) is 21.1. The number of aliphatic hydroxyl groups excluding tert-OH is 2. The fourth-order valence-corrected chi connectivity index (χ4v) is 5.71. The van der Waals surface area contributed by atoms with Gasteiger partial charge in [0.05, 0.1) is 29.8 Å². The quantitative estimate of drug-likeness (QED) is 0.371. The van der Waals surface area contributed by atoms with Gasteiger partial charge in [-0.1, -0.05) is 62.2 Å². The lowest BCUT2D eigenvalue weighted by molar-refractivity contribution is -0.121. The summed E-state index contributed by atoms with van der Waals surface area (Å²) in [4.78, 5) is 13.6. The van der Waals surface area contributed by atoms with Crippen LogP contribution < -0.4 is 5.32 Å². The highest BCUT2D eigenvalue weighted by atomic mass is 35.5. The summed E-state index contributed by atoms with van der Waals surface area (Å²) in [6, 6.07) is 8.97. The van der Waals surface area contributed by atoms with Crippen molar-refractivity contribution in [2.24, 2.45) is 5.41 Å². The Balaban J connectivity index is 2.24. The second-order valence-corrected chi connectivity index (χ2v) is 11.7. The minimum Gasteiger partial charge on any atom is -0.394 e. The molecule has 0 unspecified atom stereocenters. The predicted molar refractivity (Wildman–Crippen MR) is 140 cm³/mol. The van der Waals surface area contributed by atoms with Crippen molar-refractivity contribution >= 4 is 29.0 Å². The molecule has 2 aromatic rings. The van der Waals surface area contributed by atoms with Crippen molar-refractivity contribution in [1.82, 2.24) is 5.32 Å². The van der Waals surface area contributed by atoms with Gasteiger partial charge in [-0.15, -0.1) is 0 Å². The first-order chi connectivity index (χ1) is 17.4. The van der Waals surface area contributed by atoms with E-state index in [0.717, 1.165) is 6.07 Å². The third-order valence-electron chi connectivity index (χ3n) is 6.97. The van der Waals surface area contributed by atoms with E-state index >= 15 is 8.78 Å². The molecule has 0 bridgehead atoms. The first-order valence-electron chi connectivity index (χ1n) is 12.2. The summed E-state index contributed by atoms with van der Waals surface area (Å²) < 4.78 is 31.1. The zero-order valence-corrected chi connectivity index (χ0v) is 22.6. The molecular weight excluding hydrogens is 521 g/mol. The van der Waals surface area contributed by atoms with Crippen molar-refractivity contribution in [3.63, 3.8) is 0 Å². The van der Waals surface area contributed by atoms with Gasteiger partial charge in [0.15, 0.2) is 0 Å². The Hall–Kier alpha value is -2.08. The largest absolute Gasteiger partial charge is 0.394 e. The summed E-state index contributed by atoms with van der Waals surface area (Å²) in [5.74, 6) is -2.90. The van der Waals surface area contributed by atoms with Gasteiger partial charge in [0.1, 0.15) is 22.8 Å². The Kier molecular flexibility index (Phi) is 9.36. The molecule has 0 aromatic heterocycles. The molecule has 0 spiro atoms. The highest BCUT2D eigenvalue weighted by Crippen LogP contribution is 2.53. The van der Waals surface area contributed by atoms with E-state index in [-0.39, 0.29) is 51.6 Å². The summed E-state index contributed by atoms with van der Waals surface area (Å²) >= 11 is 12.1. The van der Waals surface area contributed by atoms with Crippen molar-refractivity contribution in [2.75, 3.05) is 6.61 Å². The van der Waals surface area contributed by atoms with Crippen LogP contribution in [-0.4, -0.2) is 40.8 Å². The minimum atomic E-state index is -1.67. The zero-order chi connectivity index (χ0) is 27.5. The van der Waals surface area contributed by atoms with Gasteiger partial charge in [-0.3, -0.25) is 4.79 Å². The maximum atomic E-state index is 15.6. The second-order valence-electron chi connectivity index (χ2n) is 10.9. The van der Waals surface area contributed by atoms with Gasteiger partial charge in [-0.2, -0.15) is 5.26 Å². The standard InChI is InChI=1S/C28H32Cl2F2N2O3/c1-27(2,3)13-23-28(15-33,19-11-10-16(29)12-21(19)31)24(18-7-5-8-20(30)25(18)32)26(34-23)22(37)9-4-6-17(36)14-35/h5,7-8,10-12,17,23-24,26,34-36H,4,6,9,13-14H2,1-3H3/t17-,23+,24+,26+,28+/m1/s1. The Labute approximate surface area is 226 Å². The van der Waals surface area contributed by atoms with Crippen LogP contribution in [0.25, 0.3) is 0 Å². The van der Waals surface area contributed by atoms with E-state index in [9.17, 15) is 15.2 Å². The molecule has 2 aromatic carbocycles. The van der Waals surface area contributed by atoms with E-state index in [1.54, 1.807) is 0 Å². The topological polar surface area (TPSA) is 93.3 Å². The molecule has 0 radical (unpaired) electrons. The average molecular weight is 553 g/mol. The number of Topliss-reactive ketones (excluding diaryl/α,β-unsaturated/α-hetero) is 1. The number of aliphatic hydroxyl groups is 2. The summed E-state index contributed by atoms with van der Waals surface area (Å²) in [7, 11) is 0. The van der Waals surface area contributed by atoms with Crippen LogP contribution in [0.3, 0.4) is 0 Å². The molecule has 0 aliphatic carbocycles.